The molecule has 0 fully saturated rings. The highest BCUT2D eigenvalue weighted by molar-refractivity contribution is 9.10. The van der Waals surface area contributed by atoms with Gasteiger partial charge in [0, 0.05) is 10.7 Å². The Morgan fingerprint density at radius 1 is 1.47 bits per heavy atom. The molecule has 1 N–H and O–H groups in total. The quantitative estimate of drug-likeness (QED) is 0.860. The van der Waals surface area contributed by atoms with Crippen molar-refractivity contribution in [1.29, 1.82) is 0 Å². The number of halogens is 2. The Kier molecular flexibility index (Phi) is 2.71. The Bertz CT molecular complexity index is 559. The van der Waals surface area contributed by atoms with Gasteiger partial charge in [0.05, 0.1) is 5.69 Å². The van der Waals surface area contributed by atoms with Gasteiger partial charge in [-0.2, -0.15) is 0 Å². The Labute approximate surface area is 99.8 Å². The van der Waals surface area contributed by atoms with E-state index < -0.39 is 0 Å². The third-order valence-corrected chi connectivity index (χ3v) is 3.24. The van der Waals surface area contributed by atoms with Crippen LogP contribution in [0.4, 0.5) is 0 Å². The third kappa shape index (κ3) is 1.87. The number of aryl methyl sites for hydroxylation is 1. The maximum absolute atomic E-state index is 11.7. The van der Waals surface area contributed by atoms with Crippen molar-refractivity contribution < 1.29 is 0 Å². The van der Waals surface area contributed by atoms with Gasteiger partial charge < -0.3 is 0 Å². The van der Waals surface area contributed by atoms with Crippen LogP contribution in [0.25, 0.3) is 5.69 Å². The minimum absolute atomic E-state index is 0.116. The molecule has 5 heteroatoms. The molecule has 0 saturated heterocycles. The van der Waals surface area contributed by atoms with E-state index in [9.17, 15) is 4.79 Å². The van der Waals surface area contributed by atoms with Gasteiger partial charge in [0.25, 0.3) is 5.56 Å². The number of aromatic amines is 1. The molecule has 0 saturated carbocycles. The molecule has 78 valence electrons. The average Bonchev–Trinajstić information content (AvgIpc) is 2.46. The first-order valence-corrected chi connectivity index (χ1v) is 5.50. The van der Waals surface area contributed by atoms with Gasteiger partial charge in [-0.1, -0.05) is 17.7 Å². The second kappa shape index (κ2) is 3.87. The van der Waals surface area contributed by atoms with Gasteiger partial charge in [-0.3, -0.25) is 9.89 Å². The summed E-state index contributed by atoms with van der Waals surface area (Å²) in [5, 5.41) is 3.55. The van der Waals surface area contributed by atoms with E-state index in [2.05, 4.69) is 21.0 Å². The van der Waals surface area contributed by atoms with Crippen LogP contribution in [0, 0.1) is 6.92 Å². The highest BCUT2D eigenvalue weighted by atomic mass is 79.9. The van der Waals surface area contributed by atoms with Gasteiger partial charge in [-0.15, -0.1) is 0 Å². The maximum Gasteiger partial charge on any atom is 0.285 e. The molecule has 0 amide bonds. The molecule has 0 radical (unpaired) electrons. The van der Waals surface area contributed by atoms with Gasteiger partial charge in [-0.05, 0) is 41.1 Å². The molecule has 1 aromatic heterocycles. The fourth-order valence-electron chi connectivity index (χ4n) is 1.32. The van der Waals surface area contributed by atoms with Crippen LogP contribution in [0.3, 0.4) is 0 Å². The van der Waals surface area contributed by atoms with E-state index in [4.69, 9.17) is 11.6 Å². The van der Waals surface area contributed by atoms with Crippen LogP contribution in [0.5, 0.6) is 0 Å². The van der Waals surface area contributed by atoms with Crippen molar-refractivity contribution in [2.45, 2.75) is 6.92 Å². The fraction of sp³-hybridized carbons (Fsp3) is 0.100. The minimum Gasteiger partial charge on any atom is -0.294 e. The predicted octanol–water partition coefficient (Wildman–Crippen LogP) is 2.89. The van der Waals surface area contributed by atoms with E-state index in [1.54, 1.807) is 18.2 Å². The van der Waals surface area contributed by atoms with Crippen molar-refractivity contribution in [1.82, 2.24) is 9.78 Å². The Hall–Kier alpha value is -1.00. The Morgan fingerprint density at radius 2 is 2.20 bits per heavy atom. The molecule has 0 spiro atoms. The molecular weight excluding hydrogens is 279 g/mol. The van der Waals surface area contributed by atoms with Gasteiger partial charge in [0.2, 0.25) is 0 Å². The molecule has 2 aromatic rings. The number of hydrogen-bond acceptors (Lipinski definition) is 1. The van der Waals surface area contributed by atoms with E-state index in [1.807, 2.05) is 13.0 Å². The second-order valence-corrected chi connectivity index (χ2v) is 4.40. The highest BCUT2D eigenvalue weighted by Gasteiger charge is 2.09. The molecule has 0 aliphatic rings. The molecule has 2 rings (SSSR count). The first-order valence-electron chi connectivity index (χ1n) is 4.32. The molecule has 15 heavy (non-hydrogen) atoms. The molecule has 3 nitrogen and oxygen atoms in total. The van der Waals surface area contributed by atoms with Crippen molar-refractivity contribution in [2.24, 2.45) is 0 Å². The number of hydrogen-bond donors (Lipinski definition) is 1. The number of aromatic nitrogens is 2. The summed E-state index contributed by atoms with van der Waals surface area (Å²) in [4.78, 5) is 11.7. The molecular formula is C10H8BrClN2O. The lowest BCUT2D eigenvalue weighted by Gasteiger charge is -2.01. The Morgan fingerprint density at radius 3 is 2.73 bits per heavy atom. The monoisotopic (exact) mass is 286 g/mol. The lowest BCUT2D eigenvalue weighted by Crippen LogP contribution is -2.14. The van der Waals surface area contributed by atoms with Crippen LogP contribution >= 0.6 is 27.5 Å². The number of rotatable bonds is 1. The van der Waals surface area contributed by atoms with E-state index in [0.717, 1.165) is 11.4 Å². The zero-order chi connectivity index (χ0) is 11.0. The second-order valence-electron chi connectivity index (χ2n) is 3.17. The van der Waals surface area contributed by atoms with Gasteiger partial charge in [0.1, 0.15) is 4.47 Å². The van der Waals surface area contributed by atoms with Gasteiger partial charge >= 0.3 is 0 Å². The minimum atomic E-state index is -0.116. The van der Waals surface area contributed by atoms with Crippen LogP contribution in [-0.4, -0.2) is 9.78 Å². The van der Waals surface area contributed by atoms with E-state index in [0.29, 0.717) is 9.50 Å². The molecule has 1 aromatic carbocycles. The number of nitrogens with one attached hydrogen (secondary N) is 1. The summed E-state index contributed by atoms with van der Waals surface area (Å²) in [6.45, 7) is 1.83. The van der Waals surface area contributed by atoms with Crippen molar-refractivity contribution in [2.75, 3.05) is 0 Å². The van der Waals surface area contributed by atoms with E-state index in [-0.39, 0.29) is 5.56 Å². The summed E-state index contributed by atoms with van der Waals surface area (Å²) in [7, 11) is 0. The molecule has 0 bridgehead atoms. The predicted molar refractivity (Wildman–Crippen MR) is 63.8 cm³/mol. The number of H-pyrrole nitrogens is 1. The van der Waals surface area contributed by atoms with Crippen molar-refractivity contribution in [3.8, 4) is 5.69 Å². The highest BCUT2D eigenvalue weighted by Crippen LogP contribution is 2.15. The summed E-state index contributed by atoms with van der Waals surface area (Å²) in [6, 6.07) is 7.11. The fourth-order valence-corrected chi connectivity index (χ4v) is 1.77. The summed E-state index contributed by atoms with van der Waals surface area (Å²) >= 11 is 9.07. The van der Waals surface area contributed by atoms with Crippen LogP contribution in [0.1, 0.15) is 5.69 Å². The SMILES string of the molecule is Cc1[nH]n(-c2cccc(Cl)c2)c(=O)c1Br. The standard InChI is InChI=1S/C10H8BrClN2O/c1-6-9(11)10(15)14(13-6)8-4-2-3-7(12)5-8/h2-5,13H,1H3. The molecule has 1 heterocycles. The summed E-state index contributed by atoms with van der Waals surface area (Å²) < 4.78 is 1.99. The zero-order valence-electron chi connectivity index (χ0n) is 7.92. The lowest BCUT2D eigenvalue weighted by atomic mass is 10.3. The van der Waals surface area contributed by atoms with Crippen LogP contribution in [-0.2, 0) is 0 Å². The number of nitrogens with zero attached hydrogens (tertiary/aromatic N) is 1. The lowest BCUT2D eigenvalue weighted by molar-refractivity contribution is 0.835. The third-order valence-electron chi connectivity index (χ3n) is 2.07. The molecule has 0 aliphatic carbocycles. The first kappa shape index (κ1) is 10.5. The summed E-state index contributed by atoms with van der Waals surface area (Å²) in [5.74, 6) is 0. The van der Waals surface area contributed by atoms with Crippen LogP contribution in [0.15, 0.2) is 33.5 Å². The van der Waals surface area contributed by atoms with E-state index in [1.165, 1.54) is 4.68 Å². The summed E-state index contributed by atoms with van der Waals surface area (Å²) in [5.41, 5.74) is 1.40. The van der Waals surface area contributed by atoms with Crippen molar-refractivity contribution >= 4 is 27.5 Å². The van der Waals surface area contributed by atoms with E-state index >= 15 is 0 Å². The van der Waals surface area contributed by atoms with Crippen molar-refractivity contribution in [3.05, 3.63) is 49.8 Å². The normalized spacial score (nSPS) is 10.6. The average molecular weight is 288 g/mol. The van der Waals surface area contributed by atoms with Crippen LogP contribution in [0.2, 0.25) is 5.02 Å². The summed E-state index contributed by atoms with van der Waals surface area (Å²) in [6.07, 6.45) is 0. The van der Waals surface area contributed by atoms with Crippen molar-refractivity contribution in [3.63, 3.8) is 0 Å². The van der Waals surface area contributed by atoms with Gasteiger partial charge in [0.15, 0.2) is 0 Å². The molecule has 0 aliphatic heterocycles. The first-order chi connectivity index (χ1) is 7.09. The number of benzene rings is 1. The van der Waals surface area contributed by atoms with Gasteiger partial charge in [-0.25, -0.2) is 4.68 Å². The maximum atomic E-state index is 11.7. The van der Waals surface area contributed by atoms with Crippen LogP contribution < -0.4 is 5.56 Å². The smallest absolute Gasteiger partial charge is 0.285 e. The molecule has 0 atom stereocenters. The largest absolute Gasteiger partial charge is 0.294 e. The molecule has 0 unspecified atom stereocenters. The Balaban J connectivity index is 2.64. The zero-order valence-corrected chi connectivity index (χ0v) is 10.3. The topological polar surface area (TPSA) is 37.8 Å².